The Morgan fingerprint density at radius 3 is 2.42 bits per heavy atom. The molecule has 0 aliphatic heterocycles. The van der Waals surface area contributed by atoms with E-state index < -0.39 is 11.9 Å². The first-order valence-electron chi connectivity index (χ1n) is 7.23. The van der Waals surface area contributed by atoms with Gasteiger partial charge in [0, 0.05) is 17.0 Å². The minimum absolute atomic E-state index is 0.0702. The van der Waals surface area contributed by atoms with Gasteiger partial charge in [-0.2, -0.15) is 0 Å². The van der Waals surface area contributed by atoms with Gasteiger partial charge in [-0.25, -0.2) is 4.98 Å². The largest absolute Gasteiger partial charge is 0.481 e. The second-order valence-electron chi connectivity index (χ2n) is 5.40. The van der Waals surface area contributed by atoms with Gasteiger partial charge in [-0.15, -0.1) is 11.3 Å². The minimum Gasteiger partial charge on any atom is -0.481 e. The Kier molecular flexibility index (Phi) is 5.64. The summed E-state index contributed by atoms with van der Waals surface area (Å²) in [6.07, 6.45) is -0.0702. The van der Waals surface area contributed by atoms with Gasteiger partial charge in [0.1, 0.15) is 5.69 Å². The van der Waals surface area contributed by atoms with E-state index in [0.717, 1.165) is 0 Å². The summed E-state index contributed by atoms with van der Waals surface area (Å²) in [5.74, 6) is -1.65. The Balaban J connectivity index is 1.98. The molecule has 0 aliphatic rings. The summed E-state index contributed by atoms with van der Waals surface area (Å²) in [6, 6.07) is 6.53. The molecule has 3 N–H and O–H groups in total. The molecule has 0 unspecified atom stereocenters. The van der Waals surface area contributed by atoms with Crippen molar-refractivity contribution in [3.63, 3.8) is 0 Å². The van der Waals surface area contributed by atoms with E-state index in [0.29, 0.717) is 16.4 Å². The third kappa shape index (κ3) is 4.88. The van der Waals surface area contributed by atoms with E-state index >= 15 is 0 Å². The number of carboxylic acid groups (broad SMARTS) is 1. The standard InChI is InChI=1S/C16H17N3O4S/c1-9(2)14(22)19-16-18-12(8-24-16)15(23)17-11-5-3-10(4-6-11)7-13(20)21/h3-6,8-9H,7H2,1-2H3,(H,17,23)(H,20,21)(H,18,19,22). The van der Waals surface area contributed by atoms with Crippen LogP contribution in [0.15, 0.2) is 29.6 Å². The van der Waals surface area contributed by atoms with Crippen molar-refractivity contribution < 1.29 is 19.5 Å². The van der Waals surface area contributed by atoms with Gasteiger partial charge in [-0.05, 0) is 17.7 Å². The average Bonchev–Trinajstić information content (AvgIpc) is 2.97. The number of rotatable bonds is 6. The summed E-state index contributed by atoms with van der Waals surface area (Å²) in [7, 11) is 0. The van der Waals surface area contributed by atoms with Crippen molar-refractivity contribution in [2.24, 2.45) is 5.92 Å². The van der Waals surface area contributed by atoms with Crippen molar-refractivity contribution in [1.29, 1.82) is 0 Å². The van der Waals surface area contributed by atoms with E-state index in [4.69, 9.17) is 5.11 Å². The van der Waals surface area contributed by atoms with Crippen LogP contribution in [0.5, 0.6) is 0 Å². The fourth-order valence-electron chi connectivity index (χ4n) is 1.76. The number of hydrogen-bond donors (Lipinski definition) is 3. The van der Waals surface area contributed by atoms with Crippen LogP contribution in [-0.2, 0) is 16.0 Å². The first-order valence-corrected chi connectivity index (χ1v) is 8.11. The highest BCUT2D eigenvalue weighted by molar-refractivity contribution is 7.14. The molecular formula is C16H17N3O4S. The number of carbonyl (C=O) groups is 3. The molecule has 2 rings (SSSR count). The maximum Gasteiger partial charge on any atom is 0.307 e. The number of carbonyl (C=O) groups excluding carboxylic acids is 2. The normalized spacial score (nSPS) is 10.5. The van der Waals surface area contributed by atoms with E-state index in [-0.39, 0.29) is 23.9 Å². The average molecular weight is 347 g/mol. The molecule has 126 valence electrons. The number of thiazole rings is 1. The molecule has 7 nitrogen and oxygen atoms in total. The zero-order chi connectivity index (χ0) is 17.7. The van der Waals surface area contributed by atoms with Gasteiger partial charge in [0.15, 0.2) is 5.13 Å². The van der Waals surface area contributed by atoms with Crippen LogP contribution in [0.2, 0.25) is 0 Å². The number of carboxylic acids is 1. The summed E-state index contributed by atoms with van der Waals surface area (Å²) in [5.41, 5.74) is 1.39. The molecule has 0 atom stereocenters. The third-order valence-electron chi connectivity index (χ3n) is 3.06. The van der Waals surface area contributed by atoms with Crippen molar-refractivity contribution >= 4 is 39.9 Å². The molecule has 1 aromatic carbocycles. The molecule has 24 heavy (non-hydrogen) atoms. The van der Waals surface area contributed by atoms with E-state index in [1.165, 1.54) is 11.3 Å². The molecule has 0 spiro atoms. The van der Waals surface area contributed by atoms with Crippen molar-refractivity contribution in [2.45, 2.75) is 20.3 Å². The lowest BCUT2D eigenvalue weighted by molar-refractivity contribution is -0.136. The summed E-state index contributed by atoms with van der Waals surface area (Å²) in [6.45, 7) is 3.54. The van der Waals surface area contributed by atoms with Crippen LogP contribution in [-0.4, -0.2) is 27.9 Å². The topological polar surface area (TPSA) is 108 Å². The third-order valence-corrected chi connectivity index (χ3v) is 3.82. The molecule has 2 aromatic rings. The van der Waals surface area contributed by atoms with Crippen molar-refractivity contribution in [1.82, 2.24) is 4.98 Å². The van der Waals surface area contributed by atoms with Crippen LogP contribution in [0.1, 0.15) is 29.9 Å². The van der Waals surface area contributed by atoms with Gasteiger partial charge in [-0.1, -0.05) is 26.0 Å². The summed E-state index contributed by atoms with van der Waals surface area (Å²) >= 11 is 1.17. The SMILES string of the molecule is CC(C)C(=O)Nc1nc(C(=O)Nc2ccc(CC(=O)O)cc2)cs1. The van der Waals surface area contributed by atoms with Gasteiger partial charge >= 0.3 is 5.97 Å². The Hall–Kier alpha value is -2.74. The quantitative estimate of drug-likeness (QED) is 0.744. The number of amides is 2. The zero-order valence-electron chi connectivity index (χ0n) is 13.2. The number of nitrogens with one attached hydrogen (secondary N) is 2. The molecular weight excluding hydrogens is 330 g/mol. The van der Waals surface area contributed by atoms with Crippen LogP contribution in [0.3, 0.4) is 0 Å². The second-order valence-corrected chi connectivity index (χ2v) is 6.26. The molecule has 0 bridgehead atoms. The minimum atomic E-state index is -0.912. The maximum atomic E-state index is 12.1. The fraction of sp³-hybridized carbons (Fsp3) is 0.250. The van der Waals surface area contributed by atoms with Gasteiger partial charge in [0.05, 0.1) is 6.42 Å². The van der Waals surface area contributed by atoms with E-state index in [1.807, 2.05) is 0 Å². The van der Waals surface area contributed by atoms with Gasteiger partial charge < -0.3 is 15.7 Å². The maximum absolute atomic E-state index is 12.1. The zero-order valence-corrected chi connectivity index (χ0v) is 14.0. The molecule has 8 heteroatoms. The van der Waals surface area contributed by atoms with E-state index in [9.17, 15) is 14.4 Å². The lowest BCUT2D eigenvalue weighted by atomic mass is 10.1. The molecule has 1 aromatic heterocycles. The first kappa shape index (κ1) is 17.6. The number of hydrogen-bond acceptors (Lipinski definition) is 5. The predicted molar refractivity (Wildman–Crippen MR) is 91.3 cm³/mol. The van der Waals surface area contributed by atoms with Crippen LogP contribution in [0, 0.1) is 5.92 Å². The summed E-state index contributed by atoms with van der Waals surface area (Å²) in [4.78, 5) is 38.5. The molecule has 0 aliphatic carbocycles. The number of aromatic nitrogens is 1. The number of anilines is 2. The molecule has 2 amide bonds. The van der Waals surface area contributed by atoms with Crippen molar-refractivity contribution in [3.05, 3.63) is 40.9 Å². The van der Waals surface area contributed by atoms with Gasteiger partial charge in [0.2, 0.25) is 5.91 Å². The lowest BCUT2D eigenvalue weighted by Crippen LogP contribution is -2.18. The first-order chi connectivity index (χ1) is 11.3. The monoisotopic (exact) mass is 347 g/mol. The van der Waals surface area contributed by atoms with Crippen molar-refractivity contribution in [2.75, 3.05) is 10.6 Å². The number of benzene rings is 1. The van der Waals surface area contributed by atoms with Gasteiger partial charge in [0.25, 0.3) is 5.91 Å². The van der Waals surface area contributed by atoms with Crippen LogP contribution >= 0.6 is 11.3 Å². The molecule has 1 heterocycles. The van der Waals surface area contributed by atoms with Crippen LogP contribution in [0.25, 0.3) is 0 Å². The van der Waals surface area contributed by atoms with E-state index in [1.54, 1.807) is 43.5 Å². The Bertz CT molecular complexity index is 753. The fourth-order valence-corrected chi connectivity index (χ4v) is 2.45. The van der Waals surface area contributed by atoms with E-state index in [2.05, 4.69) is 15.6 Å². The molecule has 0 fully saturated rings. The molecule has 0 saturated carbocycles. The predicted octanol–water partition coefficient (Wildman–Crippen LogP) is 2.62. The summed E-state index contributed by atoms with van der Waals surface area (Å²) in [5, 5.41) is 16.0. The lowest BCUT2D eigenvalue weighted by Gasteiger charge is -2.05. The highest BCUT2D eigenvalue weighted by Gasteiger charge is 2.14. The smallest absolute Gasteiger partial charge is 0.307 e. The van der Waals surface area contributed by atoms with Gasteiger partial charge in [-0.3, -0.25) is 14.4 Å². The van der Waals surface area contributed by atoms with Crippen LogP contribution < -0.4 is 10.6 Å². The number of nitrogens with zero attached hydrogens (tertiary/aromatic N) is 1. The molecule has 0 saturated heterocycles. The highest BCUT2D eigenvalue weighted by atomic mass is 32.1. The summed E-state index contributed by atoms with van der Waals surface area (Å²) < 4.78 is 0. The number of aliphatic carboxylic acids is 1. The van der Waals surface area contributed by atoms with Crippen LogP contribution in [0.4, 0.5) is 10.8 Å². The Morgan fingerprint density at radius 2 is 1.83 bits per heavy atom. The Morgan fingerprint density at radius 1 is 1.17 bits per heavy atom. The highest BCUT2D eigenvalue weighted by Crippen LogP contribution is 2.18. The molecule has 0 radical (unpaired) electrons. The van der Waals surface area contributed by atoms with Crippen molar-refractivity contribution in [3.8, 4) is 0 Å². The Labute approximate surface area is 142 Å². The second kappa shape index (κ2) is 7.69.